The van der Waals surface area contributed by atoms with Gasteiger partial charge in [0.25, 0.3) is 0 Å². The van der Waals surface area contributed by atoms with Gasteiger partial charge in [-0.3, -0.25) is 4.79 Å². The normalized spacial score (nSPS) is 11.1. The molecule has 0 atom stereocenters. The summed E-state index contributed by atoms with van der Waals surface area (Å²) in [7, 11) is 0. The first-order valence-electron chi connectivity index (χ1n) is 5.12. The lowest BCUT2D eigenvalue weighted by Gasteiger charge is -2.07. The molecular formula is C12H7F3N2O2. The zero-order valence-electron chi connectivity index (χ0n) is 9.39. The molecule has 0 aliphatic heterocycles. The third kappa shape index (κ3) is 3.27. The fraction of sp³-hybridized carbons (Fsp3) is 0.0833. The zero-order chi connectivity index (χ0) is 13.9. The molecule has 19 heavy (non-hydrogen) atoms. The van der Waals surface area contributed by atoms with Gasteiger partial charge >= 0.3 is 12.2 Å². The summed E-state index contributed by atoms with van der Waals surface area (Å²) >= 11 is 0. The first kappa shape index (κ1) is 13.0. The summed E-state index contributed by atoms with van der Waals surface area (Å²) < 4.78 is 42.4. The molecule has 0 aliphatic rings. The molecule has 0 saturated heterocycles. The van der Waals surface area contributed by atoms with E-state index in [1.165, 1.54) is 24.3 Å². The maximum absolute atomic E-state index is 12.4. The summed E-state index contributed by atoms with van der Waals surface area (Å²) in [6.45, 7) is 0. The van der Waals surface area contributed by atoms with E-state index < -0.39 is 17.9 Å². The van der Waals surface area contributed by atoms with Gasteiger partial charge in [-0.1, -0.05) is 12.1 Å². The smallest absolute Gasteiger partial charge is 0.424 e. The molecule has 4 nitrogen and oxygen atoms in total. The predicted octanol–water partition coefficient (Wildman–Crippen LogP) is 3.10. The molecule has 0 amide bonds. The second-order valence-corrected chi connectivity index (χ2v) is 3.51. The number of aldehydes is 1. The van der Waals surface area contributed by atoms with Gasteiger partial charge in [0.05, 0.1) is 0 Å². The molecule has 0 aliphatic carbocycles. The number of aromatic nitrogens is 2. The summed E-state index contributed by atoms with van der Waals surface area (Å²) in [6.07, 6.45) is -3.01. The SMILES string of the molecule is O=Cc1cccc(Oc2nccc(C(F)(F)F)n2)c1. The average Bonchev–Trinajstić information content (AvgIpc) is 2.38. The van der Waals surface area contributed by atoms with Crippen LogP contribution in [-0.4, -0.2) is 16.3 Å². The number of carbonyl (C=O) groups is 1. The van der Waals surface area contributed by atoms with E-state index in [9.17, 15) is 18.0 Å². The lowest BCUT2D eigenvalue weighted by Crippen LogP contribution is -2.08. The van der Waals surface area contributed by atoms with Gasteiger partial charge in [-0.25, -0.2) is 4.98 Å². The monoisotopic (exact) mass is 268 g/mol. The van der Waals surface area contributed by atoms with Crippen LogP contribution in [0.2, 0.25) is 0 Å². The van der Waals surface area contributed by atoms with Crippen molar-refractivity contribution in [3.8, 4) is 11.8 Å². The Morgan fingerprint density at radius 1 is 1.21 bits per heavy atom. The minimum absolute atomic E-state index is 0.184. The van der Waals surface area contributed by atoms with Crippen LogP contribution in [0, 0.1) is 0 Å². The minimum Gasteiger partial charge on any atom is -0.424 e. The van der Waals surface area contributed by atoms with E-state index in [0.29, 0.717) is 11.8 Å². The lowest BCUT2D eigenvalue weighted by atomic mass is 10.2. The number of nitrogens with zero attached hydrogens (tertiary/aromatic N) is 2. The molecule has 2 aromatic rings. The van der Waals surface area contributed by atoms with Gasteiger partial charge in [0.2, 0.25) is 0 Å². The van der Waals surface area contributed by atoms with Crippen molar-refractivity contribution >= 4 is 6.29 Å². The summed E-state index contributed by atoms with van der Waals surface area (Å²) in [4.78, 5) is 17.4. The maximum atomic E-state index is 12.4. The highest BCUT2D eigenvalue weighted by Crippen LogP contribution is 2.28. The van der Waals surface area contributed by atoms with Crippen LogP contribution in [0.15, 0.2) is 36.5 Å². The molecule has 1 heterocycles. The number of alkyl halides is 3. The van der Waals surface area contributed by atoms with Crippen molar-refractivity contribution in [3.63, 3.8) is 0 Å². The third-order valence-corrected chi connectivity index (χ3v) is 2.13. The highest BCUT2D eigenvalue weighted by atomic mass is 19.4. The molecule has 0 spiro atoms. The largest absolute Gasteiger partial charge is 0.433 e. The van der Waals surface area contributed by atoms with E-state index in [4.69, 9.17) is 4.74 Å². The van der Waals surface area contributed by atoms with E-state index in [0.717, 1.165) is 12.3 Å². The van der Waals surface area contributed by atoms with Crippen molar-refractivity contribution in [3.05, 3.63) is 47.8 Å². The van der Waals surface area contributed by atoms with Crippen molar-refractivity contribution in [2.45, 2.75) is 6.18 Å². The van der Waals surface area contributed by atoms with E-state index >= 15 is 0 Å². The molecular weight excluding hydrogens is 261 g/mol. The molecule has 1 aromatic heterocycles. The maximum Gasteiger partial charge on any atom is 0.433 e. The van der Waals surface area contributed by atoms with Crippen LogP contribution in [0.1, 0.15) is 16.1 Å². The Labute approximate surface area is 105 Å². The van der Waals surface area contributed by atoms with Crippen LogP contribution < -0.4 is 4.74 Å². The molecule has 1 aromatic carbocycles. The average molecular weight is 268 g/mol. The van der Waals surface area contributed by atoms with Gasteiger partial charge in [-0.2, -0.15) is 18.2 Å². The summed E-state index contributed by atoms with van der Waals surface area (Å²) in [5.74, 6) is 0.184. The predicted molar refractivity (Wildman–Crippen MR) is 58.9 cm³/mol. The van der Waals surface area contributed by atoms with Crippen LogP contribution in [0.4, 0.5) is 13.2 Å². The molecule has 0 bridgehead atoms. The van der Waals surface area contributed by atoms with Gasteiger partial charge < -0.3 is 4.74 Å². The number of hydrogen-bond acceptors (Lipinski definition) is 4. The van der Waals surface area contributed by atoms with E-state index in [2.05, 4.69) is 9.97 Å². The first-order valence-corrected chi connectivity index (χ1v) is 5.12. The van der Waals surface area contributed by atoms with Crippen LogP contribution in [0.3, 0.4) is 0 Å². The Balaban J connectivity index is 2.25. The highest BCUT2D eigenvalue weighted by Gasteiger charge is 2.33. The molecule has 0 fully saturated rings. The topological polar surface area (TPSA) is 52.1 Å². The zero-order valence-corrected chi connectivity index (χ0v) is 9.39. The van der Waals surface area contributed by atoms with Crippen molar-refractivity contribution < 1.29 is 22.7 Å². The number of hydrogen-bond donors (Lipinski definition) is 0. The Bertz CT molecular complexity index is 600. The Hall–Kier alpha value is -2.44. The second-order valence-electron chi connectivity index (χ2n) is 3.51. The van der Waals surface area contributed by atoms with E-state index in [1.54, 1.807) is 0 Å². The molecule has 0 saturated carbocycles. The van der Waals surface area contributed by atoms with E-state index in [1.807, 2.05) is 0 Å². The number of benzene rings is 1. The fourth-order valence-corrected chi connectivity index (χ4v) is 1.30. The first-order chi connectivity index (χ1) is 8.99. The van der Waals surface area contributed by atoms with Gasteiger partial charge in [-0.05, 0) is 18.2 Å². The van der Waals surface area contributed by atoms with E-state index in [-0.39, 0.29) is 5.75 Å². The number of halogens is 3. The van der Waals surface area contributed by atoms with Crippen molar-refractivity contribution in [1.82, 2.24) is 9.97 Å². The molecule has 0 radical (unpaired) electrons. The Kier molecular flexibility index (Phi) is 3.46. The molecule has 2 rings (SSSR count). The number of carbonyl (C=O) groups excluding carboxylic acids is 1. The Morgan fingerprint density at radius 3 is 2.68 bits per heavy atom. The molecule has 7 heteroatoms. The quantitative estimate of drug-likeness (QED) is 0.802. The summed E-state index contributed by atoms with van der Waals surface area (Å²) in [6, 6.07) is 6.24. The van der Waals surface area contributed by atoms with Gasteiger partial charge in [0.1, 0.15) is 12.0 Å². The van der Waals surface area contributed by atoms with Gasteiger partial charge in [0.15, 0.2) is 5.69 Å². The Morgan fingerprint density at radius 2 is 2.00 bits per heavy atom. The van der Waals surface area contributed by atoms with Gasteiger partial charge in [-0.15, -0.1) is 0 Å². The van der Waals surface area contributed by atoms with Crippen molar-refractivity contribution in [1.29, 1.82) is 0 Å². The van der Waals surface area contributed by atoms with Gasteiger partial charge in [0, 0.05) is 11.8 Å². The standard InChI is InChI=1S/C12H7F3N2O2/c13-12(14,15)10-4-5-16-11(17-10)19-9-3-1-2-8(6-9)7-18/h1-7H. The second kappa shape index (κ2) is 5.05. The lowest BCUT2D eigenvalue weighted by molar-refractivity contribution is -0.141. The van der Waals surface area contributed by atoms with Crippen LogP contribution >= 0.6 is 0 Å². The fourth-order valence-electron chi connectivity index (χ4n) is 1.30. The third-order valence-electron chi connectivity index (χ3n) is 2.13. The van der Waals surface area contributed by atoms with Crippen molar-refractivity contribution in [2.75, 3.05) is 0 Å². The van der Waals surface area contributed by atoms with Crippen LogP contribution in [-0.2, 0) is 6.18 Å². The number of ether oxygens (including phenoxy) is 1. The molecule has 0 N–H and O–H groups in total. The molecule has 0 unspecified atom stereocenters. The van der Waals surface area contributed by atoms with Crippen LogP contribution in [0.25, 0.3) is 0 Å². The van der Waals surface area contributed by atoms with Crippen molar-refractivity contribution in [2.24, 2.45) is 0 Å². The summed E-state index contributed by atoms with van der Waals surface area (Å²) in [5.41, 5.74) is -0.756. The minimum atomic E-state index is -4.56. The number of rotatable bonds is 3. The highest BCUT2D eigenvalue weighted by molar-refractivity contribution is 5.75. The summed E-state index contributed by atoms with van der Waals surface area (Å²) in [5, 5.41) is 0. The molecule has 98 valence electrons. The van der Waals surface area contributed by atoms with Crippen LogP contribution in [0.5, 0.6) is 11.8 Å².